The van der Waals surface area contributed by atoms with Crippen LogP contribution in [0.2, 0.25) is 0 Å². The molecule has 2 heterocycles. The van der Waals surface area contributed by atoms with Crippen molar-refractivity contribution in [3.63, 3.8) is 0 Å². The Hall–Kier alpha value is -0.710. The average Bonchev–Trinajstić information content (AvgIpc) is 2.97. The van der Waals surface area contributed by atoms with Crippen LogP contribution >= 0.6 is 22.7 Å². The Kier molecular flexibility index (Phi) is 4.54. The van der Waals surface area contributed by atoms with E-state index in [2.05, 4.69) is 35.7 Å². The van der Waals surface area contributed by atoms with Crippen LogP contribution in [0, 0.1) is 6.92 Å². The number of aryl methyl sites for hydroxylation is 3. The lowest BCUT2D eigenvalue weighted by molar-refractivity contribution is 0.599. The third-order valence-electron chi connectivity index (χ3n) is 4.00. The summed E-state index contributed by atoms with van der Waals surface area (Å²) in [5.74, 6) is 0. The molecule has 0 aromatic carbocycles. The summed E-state index contributed by atoms with van der Waals surface area (Å²) in [5.41, 5.74) is 2.75. The maximum Gasteiger partial charge on any atom is 0.0947 e. The van der Waals surface area contributed by atoms with Crippen molar-refractivity contribution >= 4 is 22.7 Å². The summed E-state index contributed by atoms with van der Waals surface area (Å²) in [6, 6.07) is 2.87. The molecule has 0 saturated carbocycles. The van der Waals surface area contributed by atoms with E-state index >= 15 is 0 Å². The fraction of sp³-hybridized carbons (Fsp3) is 0.562. The fourth-order valence-electron chi connectivity index (χ4n) is 2.88. The van der Waals surface area contributed by atoms with Crippen molar-refractivity contribution in [1.82, 2.24) is 10.3 Å². The van der Waals surface area contributed by atoms with Gasteiger partial charge < -0.3 is 5.32 Å². The maximum atomic E-state index is 4.60. The number of hydrogen-bond donors (Lipinski definition) is 1. The Morgan fingerprint density at radius 3 is 2.90 bits per heavy atom. The van der Waals surface area contributed by atoms with Crippen molar-refractivity contribution in [1.29, 1.82) is 0 Å². The lowest BCUT2D eigenvalue weighted by Crippen LogP contribution is -2.17. The molecule has 0 aliphatic heterocycles. The van der Waals surface area contributed by atoms with Gasteiger partial charge in [-0.3, -0.25) is 0 Å². The first kappa shape index (κ1) is 14.2. The molecule has 2 nitrogen and oxygen atoms in total. The summed E-state index contributed by atoms with van der Waals surface area (Å²) in [5, 5.41) is 6.86. The van der Waals surface area contributed by atoms with Gasteiger partial charge in [-0.1, -0.05) is 6.42 Å². The van der Waals surface area contributed by atoms with Gasteiger partial charge in [-0.15, -0.1) is 22.7 Å². The molecular formula is C16H22N2S2. The van der Waals surface area contributed by atoms with E-state index in [0.717, 1.165) is 12.1 Å². The lowest BCUT2D eigenvalue weighted by atomic mass is 10.1. The molecule has 0 spiro atoms. The molecule has 1 aliphatic carbocycles. The molecule has 2 aromatic rings. The van der Waals surface area contributed by atoms with Gasteiger partial charge >= 0.3 is 0 Å². The fourth-order valence-corrected chi connectivity index (χ4v) is 5.06. The molecule has 0 fully saturated rings. The average molecular weight is 307 g/mol. The van der Waals surface area contributed by atoms with Gasteiger partial charge in [-0.05, 0) is 51.3 Å². The molecule has 1 unspecified atom stereocenters. The summed E-state index contributed by atoms with van der Waals surface area (Å²) in [7, 11) is 2.07. The van der Waals surface area contributed by atoms with Crippen LogP contribution in [0.25, 0.3) is 0 Å². The molecule has 20 heavy (non-hydrogen) atoms. The zero-order chi connectivity index (χ0) is 13.9. The molecule has 0 amide bonds. The third kappa shape index (κ3) is 3.13. The van der Waals surface area contributed by atoms with Crippen LogP contribution in [-0.2, 0) is 19.3 Å². The molecule has 0 saturated heterocycles. The SMILES string of the molecule is CNC(Cc1nc(C)cs1)c1cc2c(s1)CCCCC2. The quantitative estimate of drug-likeness (QED) is 0.853. The molecule has 1 N–H and O–H groups in total. The topological polar surface area (TPSA) is 24.9 Å². The van der Waals surface area contributed by atoms with Crippen LogP contribution in [0.3, 0.4) is 0 Å². The summed E-state index contributed by atoms with van der Waals surface area (Å²) in [4.78, 5) is 7.73. The maximum absolute atomic E-state index is 4.60. The normalized spacial score (nSPS) is 16.7. The molecule has 3 rings (SSSR count). The Morgan fingerprint density at radius 1 is 1.30 bits per heavy atom. The largest absolute Gasteiger partial charge is 0.312 e. The van der Waals surface area contributed by atoms with Gasteiger partial charge in [0.25, 0.3) is 0 Å². The van der Waals surface area contributed by atoms with Gasteiger partial charge in [0.05, 0.1) is 5.01 Å². The number of thiazole rings is 1. The first-order valence-corrected chi connectivity index (χ1v) is 9.15. The van der Waals surface area contributed by atoms with E-state index in [-0.39, 0.29) is 0 Å². The Labute approximate surface area is 129 Å². The van der Waals surface area contributed by atoms with Gasteiger partial charge in [0.1, 0.15) is 0 Å². The van der Waals surface area contributed by atoms with E-state index in [0.29, 0.717) is 6.04 Å². The second kappa shape index (κ2) is 6.37. The monoisotopic (exact) mass is 306 g/mol. The number of hydrogen-bond acceptors (Lipinski definition) is 4. The van der Waals surface area contributed by atoms with Gasteiger partial charge in [0, 0.05) is 33.3 Å². The molecule has 4 heteroatoms. The second-order valence-corrected chi connectivity index (χ2v) is 7.70. The Balaban J connectivity index is 1.79. The van der Waals surface area contributed by atoms with Crippen LogP contribution in [0.4, 0.5) is 0 Å². The predicted octanol–water partition coefficient (Wildman–Crippen LogP) is 4.29. The number of aromatic nitrogens is 1. The number of nitrogens with one attached hydrogen (secondary N) is 1. The van der Waals surface area contributed by atoms with Gasteiger partial charge in [0.15, 0.2) is 0 Å². The second-order valence-electron chi connectivity index (χ2n) is 5.59. The van der Waals surface area contributed by atoms with Crippen molar-refractivity contribution in [2.75, 3.05) is 7.05 Å². The van der Waals surface area contributed by atoms with Gasteiger partial charge in [-0.25, -0.2) is 4.98 Å². The molecule has 0 bridgehead atoms. The van der Waals surface area contributed by atoms with Crippen molar-refractivity contribution in [3.8, 4) is 0 Å². The van der Waals surface area contributed by atoms with Crippen molar-refractivity contribution in [2.45, 2.75) is 51.5 Å². The number of fused-ring (bicyclic) bond motifs is 1. The highest BCUT2D eigenvalue weighted by Gasteiger charge is 2.18. The van der Waals surface area contributed by atoms with Crippen molar-refractivity contribution < 1.29 is 0 Å². The molecule has 1 aliphatic rings. The van der Waals surface area contributed by atoms with Crippen LogP contribution in [-0.4, -0.2) is 12.0 Å². The first-order valence-electron chi connectivity index (χ1n) is 7.46. The lowest BCUT2D eigenvalue weighted by Gasteiger charge is -2.12. The summed E-state index contributed by atoms with van der Waals surface area (Å²) in [6.45, 7) is 2.07. The van der Waals surface area contributed by atoms with E-state index < -0.39 is 0 Å². The molecular weight excluding hydrogens is 284 g/mol. The number of rotatable bonds is 4. The third-order valence-corrected chi connectivity index (χ3v) is 6.34. The zero-order valence-corrected chi connectivity index (χ0v) is 13.9. The van der Waals surface area contributed by atoms with E-state index in [1.807, 2.05) is 11.3 Å². The van der Waals surface area contributed by atoms with E-state index in [1.165, 1.54) is 42.0 Å². The highest BCUT2D eigenvalue weighted by molar-refractivity contribution is 7.12. The minimum Gasteiger partial charge on any atom is -0.312 e. The highest BCUT2D eigenvalue weighted by Crippen LogP contribution is 2.33. The summed E-state index contributed by atoms with van der Waals surface area (Å²) >= 11 is 3.80. The van der Waals surface area contributed by atoms with Crippen molar-refractivity contribution in [2.24, 2.45) is 0 Å². The van der Waals surface area contributed by atoms with Crippen molar-refractivity contribution in [3.05, 3.63) is 37.5 Å². The molecule has 2 aromatic heterocycles. The van der Waals surface area contributed by atoms with Gasteiger partial charge in [-0.2, -0.15) is 0 Å². The number of likely N-dealkylation sites (N-methyl/N-ethyl adjacent to an activating group) is 1. The molecule has 108 valence electrons. The Bertz CT molecular complexity index is 547. The standard InChI is InChI=1S/C16H22N2S2/c1-11-10-19-16(18-11)9-13(17-2)15-8-12-6-4-3-5-7-14(12)20-15/h8,10,13,17H,3-7,9H2,1-2H3. The van der Waals surface area contributed by atoms with Gasteiger partial charge in [0.2, 0.25) is 0 Å². The minimum absolute atomic E-state index is 0.414. The predicted molar refractivity (Wildman–Crippen MR) is 87.9 cm³/mol. The summed E-state index contributed by atoms with van der Waals surface area (Å²) in [6.07, 6.45) is 7.69. The zero-order valence-electron chi connectivity index (χ0n) is 12.2. The van der Waals surface area contributed by atoms with Crippen LogP contribution in [0.1, 0.15) is 51.3 Å². The van der Waals surface area contributed by atoms with Crippen LogP contribution in [0.5, 0.6) is 0 Å². The van der Waals surface area contributed by atoms with Crippen LogP contribution in [0.15, 0.2) is 11.4 Å². The first-order chi connectivity index (χ1) is 9.76. The van der Waals surface area contributed by atoms with E-state index in [4.69, 9.17) is 0 Å². The molecule has 1 atom stereocenters. The summed E-state index contributed by atoms with van der Waals surface area (Å²) < 4.78 is 0. The number of nitrogens with zero attached hydrogens (tertiary/aromatic N) is 1. The van der Waals surface area contributed by atoms with Crippen LogP contribution < -0.4 is 5.32 Å². The van der Waals surface area contributed by atoms with E-state index in [1.54, 1.807) is 21.8 Å². The number of thiophene rings is 1. The Morgan fingerprint density at radius 2 is 2.15 bits per heavy atom. The van der Waals surface area contributed by atoms with E-state index in [9.17, 15) is 0 Å². The highest BCUT2D eigenvalue weighted by atomic mass is 32.1. The smallest absolute Gasteiger partial charge is 0.0947 e. The molecule has 0 radical (unpaired) electrons. The minimum atomic E-state index is 0.414.